The Labute approximate surface area is 145 Å². The first-order valence-electron chi connectivity index (χ1n) is 8.70. The smallest absolute Gasteiger partial charge is 0.290 e. The molecule has 140 valence electrons. The lowest BCUT2D eigenvalue weighted by molar-refractivity contribution is -0.467. The summed E-state index contributed by atoms with van der Waals surface area (Å²) in [6.07, 6.45) is 12.6. The molecule has 0 aromatic carbocycles. The van der Waals surface area contributed by atoms with Gasteiger partial charge in [0.15, 0.2) is 0 Å². The van der Waals surface area contributed by atoms with Crippen molar-refractivity contribution in [1.82, 2.24) is 5.32 Å². The third kappa shape index (κ3) is 20.7. The molecule has 0 aromatic rings. The second-order valence-electron chi connectivity index (χ2n) is 5.63. The van der Waals surface area contributed by atoms with E-state index in [9.17, 15) is 0 Å². The van der Waals surface area contributed by atoms with E-state index in [0.29, 0.717) is 11.9 Å². The number of hydrogen-bond acceptors (Lipinski definition) is 0. The maximum Gasteiger partial charge on any atom is 0.350 e. The van der Waals surface area contributed by atoms with Crippen molar-refractivity contribution in [2.24, 2.45) is 11.5 Å². The van der Waals surface area contributed by atoms with Crippen LogP contribution in [0.4, 0.5) is 0 Å². The molecule has 23 heavy (non-hydrogen) atoms. The van der Waals surface area contributed by atoms with E-state index in [1.807, 2.05) is 0 Å². The molecule has 0 aliphatic carbocycles. The Kier molecular flexibility index (Phi) is 24.0. The molecule has 0 amide bonds. The minimum absolute atomic E-state index is 0. The van der Waals surface area contributed by atoms with Gasteiger partial charge in [0.25, 0.3) is 0 Å². The summed E-state index contributed by atoms with van der Waals surface area (Å²) in [4.78, 5) is 6.30. The summed E-state index contributed by atoms with van der Waals surface area (Å²) in [5.74, 6) is 1.06. The van der Waals surface area contributed by atoms with Crippen molar-refractivity contribution in [2.45, 2.75) is 92.9 Å². The lowest BCUT2D eigenvalue weighted by atomic mass is 10.2. The van der Waals surface area contributed by atoms with Crippen LogP contribution in [0.5, 0.6) is 0 Å². The summed E-state index contributed by atoms with van der Waals surface area (Å²) < 4.78 is 0. The van der Waals surface area contributed by atoms with Crippen LogP contribution in [0.1, 0.15) is 92.9 Å². The zero-order valence-electron chi connectivity index (χ0n) is 14.1. The molecular weight excluding hydrogens is 286 g/mol. The summed E-state index contributed by atoms with van der Waals surface area (Å²) in [7, 11) is 0. The maximum atomic E-state index is 5.84. The minimum atomic E-state index is 0. The standard InChI is InChI=1S/C16H35N5.2CH4/c1-3-5-7-9-11-13-19-15(17)21-16(18)20-14-12-10-8-6-4-2;;/h3-14H2,1-2H3,(H5,17,18,19,20,21);2*1H4/p+2. The van der Waals surface area contributed by atoms with Gasteiger partial charge in [0.1, 0.15) is 0 Å². The zero-order valence-corrected chi connectivity index (χ0v) is 14.1. The van der Waals surface area contributed by atoms with Gasteiger partial charge < -0.3 is 0 Å². The topological polar surface area (TPSA) is 92.0 Å². The SMILES string of the molecule is C.C.CCCCCCC[NH+]=C(N)NC(N)=[NH+]CCCCCCC. The largest absolute Gasteiger partial charge is 0.350 e. The van der Waals surface area contributed by atoms with Gasteiger partial charge in [-0.3, -0.25) is 21.5 Å². The van der Waals surface area contributed by atoms with Crippen molar-refractivity contribution in [3.05, 3.63) is 0 Å². The monoisotopic (exact) mass is 331 g/mol. The molecule has 0 aliphatic rings. The zero-order chi connectivity index (χ0) is 15.8. The van der Waals surface area contributed by atoms with Gasteiger partial charge in [-0.15, -0.1) is 0 Å². The lowest BCUT2D eigenvalue weighted by Crippen LogP contribution is -2.85. The Morgan fingerprint density at radius 3 is 1.35 bits per heavy atom. The number of nitrogens with one attached hydrogen (secondary N) is 3. The van der Waals surface area contributed by atoms with E-state index in [2.05, 4.69) is 29.1 Å². The van der Waals surface area contributed by atoms with Gasteiger partial charge in [0.2, 0.25) is 0 Å². The molecular formula is C18H45N5+2. The summed E-state index contributed by atoms with van der Waals surface area (Å²) in [6.45, 7) is 6.24. The molecule has 0 rings (SSSR count). The van der Waals surface area contributed by atoms with Gasteiger partial charge in [0.05, 0.1) is 13.1 Å². The third-order valence-corrected chi connectivity index (χ3v) is 3.46. The molecule has 5 heteroatoms. The first kappa shape index (κ1) is 26.6. The van der Waals surface area contributed by atoms with Crippen LogP contribution in [0, 0.1) is 0 Å². The van der Waals surface area contributed by atoms with Gasteiger partial charge >= 0.3 is 11.9 Å². The number of rotatable bonds is 12. The molecule has 0 bridgehead atoms. The Bertz CT molecular complexity index is 259. The minimum Gasteiger partial charge on any atom is -0.290 e. The number of hydrogen-bond donors (Lipinski definition) is 5. The van der Waals surface area contributed by atoms with E-state index >= 15 is 0 Å². The fourth-order valence-corrected chi connectivity index (χ4v) is 2.14. The summed E-state index contributed by atoms with van der Waals surface area (Å²) in [5.41, 5.74) is 11.7. The Morgan fingerprint density at radius 1 is 0.652 bits per heavy atom. The van der Waals surface area contributed by atoms with Crippen molar-refractivity contribution >= 4 is 11.9 Å². The summed E-state index contributed by atoms with van der Waals surface area (Å²) in [5, 5.41) is 2.95. The normalized spacial score (nSPS) is 11.6. The Hall–Kier alpha value is -1.26. The van der Waals surface area contributed by atoms with Crippen LogP contribution in [0.25, 0.3) is 0 Å². The highest BCUT2D eigenvalue weighted by molar-refractivity contribution is 5.91. The highest BCUT2D eigenvalue weighted by Gasteiger charge is 2.04. The van der Waals surface area contributed by atoms with Gasteiger partial charge in [-0.25, -0.2) is 0 Å². The average molecular weight is 332 g/mol. The van der Waals surface area contributed by atoms with Crippen LogP contribution in [-0.2, 0) is 0 Å². The molecule has 0 aromatic heterocycles. The van der Waals surface area contributed by atoms with E-state index in [1.54, 1.807) is 0 Å². The van der Waals surface area contributed by atoms with E-state index in [1.165, 1.54) is 51.4 Å². The third-order valence-electron chi connectivity index (χ3n) is 3.46. The summed E-state index contributed by atoms with van der Waals surface area (Å²) >= 11 is 0. The maximum absolute atomic E-state index is 5.84. The van der Waals surface area contributed by atoms with E-state index in [4.69, 9.17) is 11.5 Å². The molecule has 0 atom stereocenters. The molecule has 0 saturated carbocycles. The number of nitrogens with two attached hydrogens (primary N) is 2. The first-order chi connectivity index (χ1) is 10.2. The average Bonchev–Trinajstić information content (AvgIpc) is 2.46. The van der Waals surface area contributed by atoms with Gasteiger partial charge in [-0.2, -0.15) is 5.32 Å². The van der Waals surface area contributed by atoms with E-state index < -0.39 is 0 Å². The van der Waals surface area contributed by atoms with Gasteiger partial charge in [-0.05, 0) is 12.8 Å². The lowest BCUT2D eigenvalue weighted by Gasteiger charge is -1.99. The summed E-state index contributed by atoms with van der Waals surface area (Å²) in [6, 6.07) is 0. The van der Waals surface area contributed by atoms with Gasteiger partial charge in [0, 0.05) is 0 Å². The van der Waals surface area contributed by atoms with Crippen molar-refractivity contribution in [2.75, 3.05) is 13.1 Å². The second kappa shape index (κ2) is 20.7. The number of unbranched alkanes of at least 4 members (excludes halogenated alkanes) is 8. The molecule has 0 fully saturated rings. The van der Waals surface area contributed by atoms with Gasteiger partial charge in [-0.1, -0.05) is 80.1 Å². The fraction of sp³-hybridized carbons (Fsp3) is 0.889. The molecule has 0 spiro atoms. The Morgan fingerprint density at radius 2 is 1.00 bits per heavy atom. The predicted molar refractivity (Wildman–Crippen MR) is 104 cm³/mol. The van der Waals surface area contributed by atoms with Crippen LogP contribution < -0.4 is 26.8 Å². The highest BCUT2D eigenvalue weighted by atomic mass is 15.2. The Balaban J connectivity index is -0.00000200. The first-order valence-corrected chi connectivity index (χ1v) is 8.70. The van der Waals surface area contributed by atoms with E-state index in [-0.39, 0.29) is 14.9 Å². The van der Waals surface area contributed by atoms with Crippen molar-refractivity contribution < 1.29 is 9.98 Å². The molecule has 0 unspecified atom stereocenters. The number of guanidine groups is 2. The quantitative estimate of drug-likeness (QED) is 0.206. The molecule has 0 radical (unpaired) electrons. The second-order valence-corrected chi connectivity index (χ2v) is 5.63. The fourth-order valence-electron chi connectivity index (χ4n) is 2.14. The van der Waals surface area contributed by atoms with Crippen LogP contribution in [0.15, 0.2) is 0 Å². The van der Waals surface area contributed by atoms with E-state index in [0.717, 1.165) is 25.9 Å². The molecule has 0 aliphatic heterocycles. The van der Waals surface area contributed by atoms with Crippen LogP contribution in [0.3, 0.4) is 0 Å². The van der Waals surface area contributed by atoms with Crippen molar-refractivity contribution in [1.29, 1.82) is 0 Å². The van der Waals surface area contributed by atoms with Crippen LogP contribution >= 0.6 is 0 Å². The van der Waals surface area contributed by atoms with Crippen molar-refractivity contribution in [3.8, 4) is 0 Å². The predicted octanol–water partition coefficient (Wildman–Crippen LogP) is 0.580. The molecule has 0 heterocycles. The van der Waals surface area contributed by atoms with Crippen LogP contribution in [-0.4, -0.2) is 25.0 Å². The molecule has 5 nitrogen and oxygen atoms in total. The van der Waals surface area contributed by atoms with Crippen molar-refractivity contribution in [3.63, 3.8) is 0 Å². The van der Waals surface area contributed by atoms with Crippen LogP contribution in [0.2, 0.25) is 0 Å². The highest BCUT2D eigenvalue weighted by Crippen LogP contribution is 2.00. The molecule has 0 saturated heterocycles. The molecule has 7 N–H and O–H groups in total.